The minimum atomic E-state index is -3.77. The normalized spacial score (nSPS) is 15.0. The van der Waals surface area contributed by atoms with Gasteiger partial charge in [0.15, 0.2) is 0 Å². The predicted octanol–water partition coefficient (Wildman–Crippen LogP) is 4.20. The van der Waals surface area contributed by atoms with Crippen molar-refractivity contribution in [2.45, 2.75) is 65.1 Å². The molecule has 0 saturated heterocycles. The first-order valence-corrected chi connectivity index (χ1v) is 14.1. The van der Waals surface area contributed by atoms with E-state index in [4.69, 9.17) is 11.6 Å². The number of hydrogen-bond acceptors (Lipinski definition) is 4. The highest BCUT2D eigenvalue weighted by molar-refractivity contribution is 7.92. The van der Waals surface area contributed by atoms with Crippen LogP contribution in [0.3, 0.4) is 0 Å². The molecule has 1 aliphatic rings. The first kappa shape index (κ1) is 27.0. The van der Waals surface area contributed by atoms with Crippen molar-refractivity contribution < 1.29 is 18.0 Å². The molecule has 1 saturated carbocycles. The molecule has 0 bridgehead atoms. The van der Waals surface area contributed by atoms with Crippen LogP contribution >= 0.6 is 11.6 Å². The molecule has 35 heavy (non-hydrogen) atoms. The van der Waals surface area contributed by atoms with Gasteiger partial charge in [-0.05, 0) is 56.9 Å². The van der Waals surface area contributed by atoms with Gasteiger partial charge in [-0.25, -0.2) is 8.42 Å². The second kappa shape index (κ2) is 11.4. The number of amides is 2. The summed E-state index contributed by atoms with van der Waals surface area (Å²) in [6.07, 6.45) is 5.06. The van der Waals surface area contributed by atoms with E-state index in [9.17, 15) is 18.0 Å². The number of nitrogens with one attached hydrogen (secondary N) is 1. The molecule has 0 heterocycles. The van der Waals surface area contributed by atoms with Crippen LogP contribution in [0.4, 0.5) is 5.69 Å². The van der Waals surface area contributed by atoms with E-state index in [1.807, 2.05) is 32.0 Å². The number of aryl methyl sites for hydroxylation is 2. The molecule has 2 amide bonds. The Hall–Kier alpha value is -2.58. The number of carbonyl (C=O) groups is 2. The summed E-state index contributed by atoms with van der Waals surface area (Å²) in [5.41, 5.74) is 2.85. The van der Waals surface area contributed by atoms with Crippen LogP contribution in [-0.2, 0) is 26.2 Å². The Balaban J connectivity index is 1.91. The van der Waals surface area contributed by atoms with Crippen LogP contribution in [-0.4, -0.2) is 50.0 Å². The Kier molecular flexibility index (Phi) is 8.83. The molecule has 0 aliphatic heterocycles. The molecule has 1 fully saturated rings. The maximum absolute atomic E-state index is 13.6. The van der Waals surface area contributed by atoms with Gasteiger partial charge in [0.2, 0.25) is 21.8 Å². The highest BCUT2D eigenvalue weighted by atomic mass is 35.5. The molecule has 0 spiro atoms. The maximum atomic E-state index is 13.6. The van der Waals surface area contributed by atoms with E-state index in [1.165, 1.54) is 4.90 Å². The van der Waals surface area contributed by atoms with Gasteiger partial charge in [0.25, 0.3) is 0 Å². The largest absolute Gasteiger partial charge is 0.352 e. The van der Waals surface area contributed by atoms with Crippen LogP contribution in [0.25, 0.3) is 0 Å². The van der Waals surface area contributed by atoms with E-state index in [-0.39, 0.29) is 18.5 Å². The number of halogens is 1. The third kappa shape index (κ3) is 6.98. The Morgan fingerprint density at radius 1 is 1.11 bits per heavy atom. The molecule has 2 aromatic carbocycles. The number of nitrogens with zero attached hydrogens (tertiary/aromatic N) is 2. The molecule has 3 rings (SSSR count). The molecule has 1 atom stereocenters. The third-order valence-corrected chi connectivity index (χ3v) is 7.96. The van der Waals surface area contributed by atoms with Gasteiger partial charge >= 0.3 is 0 Å². The summed E-state index contributed by atoms with van der Waals surface area (Å²) in [4.78, 5) is 28.2. The van der Waals surface area contributed by atoms with Crippen molar-refractivity contribution in [3.8, 4) is 0 Å². The van der Waals surface area contributed by atoms with Gasteiger partial charge in [-0.3, -0.25) is 13.9 Å². The van der Waals surface area contributed by atoms with Crippen molar-refractivity contribution in [1.82, 2.24) is 10.2 Å². The lowest BCUT2D eigenvalue weighted by Crippen LogP contribution is -2.52. The van der Waals surface area contributed by atoms with Crippen LogP contribution in [0.15, 0.2) is 42.5 Å². The molecule has 1 N–H and O–H groups in total. The second-order valence-electron chi connectivity index (χ2n) is 9.34. The van der Waals surface area contributed by atoms with Gasteiger partial charge in [-0.1, -0.05) is 60.3 Å². The molecule has 0 aromatic heterocycles. The van der Waals surface area contributed by atoms with E-state index < -0.39 is 28.5 Å². The van der Waals surface area contributed by atoms with E-state index in [1.54, 1.807) is 31.2 Å². The molecule has 9 heteroatoms. The predicted molar refractivity (Wildman–Crippen MR) is 140 cm³/mol. The maximum Gasteiger partial charge on any atom is 0.244 e. The third-order valence-electron chi connectivity index (χ3n) is 6.47. The van der Waals surface area contributed by atoms with Gasteiger partial charge in [0.05, 0.1) is 11.9 Å². The Labute approximate surface area is 213 Å². The van der Waals surface area contributed by atoms with Crippen LogP contribution in [0.2, 0.25) is 5.02 Å². The summed E-state index contributed by atoms with van der Waals surface area (Å²) < 4.78 is 26.6. The molecular formula is C26H34ClN3O4S. The molecule has 1 aliphatic carbocycles. The Bertz CT molecular complexity index is 1180. The minimum Gasteiger partial charge on any atom is -0.352 e. The summed E-state index contributed by atoms with van der Waals surface area (Å²) in [5, 5.41) is 3.52. The van der Waals surface area contributed by atoms with Crippen molar-refractivity contribution in [3.63, 3.8) is 0 Å². The lowest BCUT2D eigenvalue weighted by Gasteiger charge is -2.32. The first-order valence-electron chi connectivity index (χ1n) is 11.9. The lowest BCUT2D eigenvalue weighted by molar-refractivity contribution is -0.139. The smallest absolute Gasteiger partial charge is 0.244 e. The molecule has 0 radical (unpaired) electrons. The van der Waals surface area contributed by atoms with Gasteiger partial charge in [-0.15, -0.1) is 0 Å². The second-order valence-corrected chi connectivity index (χ2v) is 11.7. The zero-order valence-corrected chi connectivity index (χ0v) is 22.3. The number of hydrogen-bond donors (Lipinski definition) is 1. The quantitative estimate of drug-likeness (QED) is 0.538. The summed E-state index contributed by atoms with van der Waals surface area (Å²) in [5.74, 6) is -0.737. The molecular weight excluding hydrogens is 486 g/mol. The average molecular weight is 520 g/mol. The number of anilines is 1. The van der Waals surface area contributed by atoms with Gasteiger partial charge in [0, 0.05) is 17.6 Å². The fourth-order valence-electron chi connectivity index (χ4n) is 4.46. The summed E-state index contributed by atoms with van der Waals surface area (Å²) in [7, 11) is -3.77. The Morgan fingerprint density at radius 3 is 2.37 bits per heavy atom. The van der Waals surface area contributed by atoms with E-state index >= 15 is 0 Å². The highest BCUT2D eigenvalue weighted by Crippen LogP contribution is 2.25. The van der Waals surface area contributed by atoms with Crippen LogP contribution in [0, 0.1) is 13.8 Å². The fraction of sp³-hybridized carbons (Fsp3) is 0.462. The van der Waals surface area contributed by atoms with Crippen molar-refractivity contribution in [2.24, 2.45) is 0 Å². The molecule has 0 unspecified atom stereocenters. The first-order chi connectivity index (χ1) is 16.5. The average Bonchev–Trinajstić information content (AvgIpc) is 3.29. The number of rotatable bonds is 9. The van der Waals surface area contributed by atoms with Crippen LogP contribution < -0.4 is 9.62 Å². The zero-order chi connectivity index (χ0) is 25.8. The molecule has 190 valence electrons. The molecule has 7 nitrogen and oxygen atoms in total. The SMILES string of the molecule is Cc1ccc(N(CC(=O)N(Cc2ccccc2Cl)[C@@H](C)C(=O)NC2CCCC2)S(C)(=O)=O)c(C)c1. The van der Waals surface area contributed by atoms with E-state index in [2.05, 4.69) is 5.32 Å². The monoisotopic (exact) mass is 519 g/mol. The van der Waals surface area contributed by atoms with E-state index in [0.29, 0.717) is 16.3 Å². The number of carbonyl (C=O) groups excluding carboxylic acids is 2. The van der Waals surface area contributed by atoms with Crippen LogP contribution in [0.1, 0.15) is 49.3 Å². The Morgan fingerprint density at radius 2 is 1.77 bits per heavy atom. The lowest BCUT2D eigenvalue weighted by atomic mass is 10.1. The summed E-state index contributed by atoms with van der Waals surface area (Å²) in [6, 6.07) is 11.8. The summed E-state index contributed by atoms with van der Waals surface area (Å²) >= 11 is 6.36. The van der Waals surface area contributed by atoms with Gasteiger partial charge in [-0.2, -0.15) is 0 Å². The topological polar surface area (TPSA) is 86.8 Å². The fourth-order valence-corrected chi connectivity index (χ4v) is 5.57. The standard InChI is InChI=1S/C26H34ClN3O4S/c1-18-13-14-24(19(2)15-18)30(35(4,33)34)17-25(31)29(16-21-9-5-8-12-23(21)27)20(3)26(32)28-22-10-6-7-11-22/h5,8-9,12-15,20,22H,6-7,10-11,16-17H2,1-4H3,(H,28,32)/t20-/m0/s1. The number of sulfonamides is 1. The molecule has 2 aromatic rings. The van der Waals surface area contributed by atoms with Crippen molar-refractivity contribution >= 4 is 39.1 Å². The highest BCUT2D eigenvalue weighted by Gasteiger charge is 2.32. The van der Waals surface area contributed by atoms with E-state index in [0.717, 1.165) is 47.4 Å². The zero-order valence-electron chi connectivity index (χ0n) is 20.8. The van der Waals surface area contributed by atoms with Crippen molar-refractivity contribution in [3.05, 3.63) is 64.2 Å². The van der Waals surface area contributed by atoms with Crippen molar-refractivity contribution in [2.75, 3.05) is 17.1 Å². The van der Waals surface area contributed by atoms with Gasteiger partial charge < -0.3 is 10.2 Å². The minimum absolute atomic E-state index is 0.0856. The number of benzene rings is 2. The van der Waals surface area contributed by atoms with Gasteiger partial charge in [0.1, 0.15) is 12.6 Å². The van der Waals surface area contributed by atoms with Crippen LogP contribution in [0.5, 0.6) is 0 Å². The van der Waals surface area contributed by atoms with Crippen molar-refractivity contribution in [1.29, 1.82) is 0 Å². The summed E-state index contributed by atoms with van der Waals surface area (Å²) in [6.45, 7) is 5.06.